The summed E-state index contributed by atoms with van der Waals surface area (Å²) in [6.45, 7) is 19.1. The molecule has 0 radical (unpaired) electrons. The van der Waals surface area contributed by atoms with Crippen molar-refractivity contribution in [3.05, 3.63) is 206 Å². The van der Waals surface area contributed by atoms with Crippen molar-refractivity contribution in [1.29, 1.82) is 0 Å². The zero-order valence-corrected chi connectivity index (χ0v) is 41.0. The molecule has 0 amide bonds. The van der Waals surface area contributed by atoms with Gasteiger partial charge in [0.25, 0.3) is 0 Å². The highest BCUT2D eigenvalue weighted by Crippen LogP contribution is 2.56. The first-order chi connectivity index (χ1) is 29.8. The molecule has 0 aromatic heterocycles. The van der Waals surface area contributed by atoms with Crippen molar-refractivity contribution in [2.45, 2.75) is 93.9 Å². The van der Waals surface area contributed by atoms with Gasteiger partial charge in [-0.1, -0.05) is 159 Å². The summed E-state index contributed by atoms with van der Waals surface area (Å²) in [5.74, 6) is -5.31. The Morgan fingerprint density at radius 3 is 0.785 bits per heavy atom. The van der Waals surface area contributed by atoms with Gasteiger partial charge in [-0.15, -0.1) is 0 Å². The van der Waals surface area contributed by atoms with Gasteiger partial charge in [-0.2, -0.15) is 26.3 Å². The largest absolute Gasteiger partial charge is 0.411 e. The van der Waals surface area contributed by atoms with Gasteiger partial charge in [0.2, 0.25) is 5.41 Å². The van der Waals surface area contributed by atoms with Crippen LogP contribution in [0, 0.1) is 99.4 Å². The van der Waals surface area contributed by atoms with Crippen LogP contribution in [0.3, 0.4) is 0 Å². The van der Waals surface area contributed by atoms with E-state index in [1.54, 1.807) is 27.7 Å². The lowest BCUT2D eigenvalue weighted by atomic mass is 9.72. The summed E-state index contributed by atoms with van der Waals surface area (Å²) in [6, 6.07) is 21.1. The van der Waals surface area contributed by atoms with Crippen molar-refractivity contribution >= 4 is 58.0 Å². The van der Waals surface area contributed by atoms with E-state index in [1.807, 2.05) is 13.0 Å². The van der Waals surface area contributed by atoms with Crippen LogP contribution >= 0.6 is 58.0 Å². The molecule has 0 nitrogen and oxygen atoms in total. The average molecular weight is 1020 g/mol. The molecule has 6 aromatic rings. The summed E-state index contributed by atoms with van der Waals surface area (Å²) < 4.78 is 133. The van der Waals surface area contributed by atoms with Crippen molar-refractivity contribution in [1.82, 2.24) is 0 Å². The minimum Gasteiger partial charge on any atom is -0.203 e. The Kier molecular flexibility index (Phi) is 20.8. The number of hydrogen-bond acceptors (Lipinski definition) is 0. The highest BCUT2D eigenvalue weighted by atomic mass is 35.5. The number of hydrogen-bond donors (Lipinski definition) is 0. The fourth-order valence-electron chi connectivity index (χ4n) is 5.85. The third-order valence-electron chi connectivity index (χ3n) is 10.2. The van der Waals surface area contributed by atoms with E-state index in [0.717, 1.165) is 59.8 Å². The summed E-state index contributed by atoms with van der Waals surface area (Å²) in [5.41, 5.74) is 1.99. The number of alkyl halides is 6. The lowest BCUT2D eigenvalue weighted by molar-refractivity contribution is -0.288. The van der Waals surface area contributed by atoms with Crippen molar-refractivity contribution in [2.75, 3.05) is 0 Å². The summed E-state index contributed by atoms with van der Waals surface area (Å²) in [4.78, 5) is 0. The first-order valence-electron chi connectivity index (χ1n) is 19.5. The second-order valence-corrected chi connectivity index (χ2v) is 17.2. The number of aryl methyl sites for hydroxylation is 7. The molecule has 0 unspecified atom stereocenters. The van der Waals surface area contributed by atoms with Crippen LogP contribution in [0.2, 0.25) is 25.1 Å². The molecule has 0 aliphatic carbocycles. The Morgan fingerprint density at radius 2 is 0.554 bits per heavy atom. The van der Waals surface area contributed by atoms with Crippen LogP contribution in [0.4, 0.5) is 43.9 Å². The summed E-state index contributed by atoms with van der Waals surface area (Å²) >= 11 is 29.4. The van der Waals surface area contributed by atoms with Gasteiger partial charge >= 0.3 is 12.4 Å². The van der Waals surface area contributed by atoms with Crippen molar-refractivity contribution in [2.24, 2.45) is 0 Å². The number of benzene rings is 6. The average Bonchev–Trinajstić information content (AvgIpc) is 3.24. The zero-order valence-electron chi connectivity index (χ0n) is 37.3. The Hall–Kier alpha value is -3.93. The standard InChI is InChI=1S/C17H14F6.C9H11Cl.C8H6Cl4.C8H6F4.C8H10/c1-11-3-7-13(8-4-11)15(16(18,19)20,17(21,22)23)14-9-5-12(2)6-10-14;1-6-4-8(3)9(10)5-7(6)2;2*1-3-5(9)7(11)4(2)8(12)6(3)10;1-7-3-5-8(2)6-4-7/h3-10H,1-2H3;4-5H,1-3H3;2*1-2H3;3-6H,1-2H3. The molecule has 0 spiro atoms. The van der Waals surface area contributed by atoms with Crippen LogP contribution in [0.5, 0.6) is 0 Å². The van der Waals surface area contributed by atoms with E-state index in [0.29, 0.717) is 31.2 Å². The Morgan fingerprint density at radius 1 is 0.323 bits per heavy atom. The second kappa shape index (κ2) is 23.7. The van der Waals surface area contributed by atoms with Crippen LogP contribution in [-0.2, 0) is 5.41 Å². The molecule has 0 aliphatic heterocycles. The van der Waals surface area contributed by atoms with Gasteiger partial charge in [0.15, 0.2) is 23.3 Å². The van der Waals surface area contributed by atoms with Gasteiger partial charge in [0.05, 0.1) is 20.1 Å². The predicted molar refractivity (Wildman–Crippen MR) is 249 cm³/mol. The maximum absolute atomic E-state index is 13.7. The third-order valence-corrected chi connectivity index (χ3v) is 12.7. The maximum Gasteiger partial charge on any atom is 0.411 e. The van der Waals surface area contributed by atoms with Crippen LogP contribution in [-0.4, -0.2) is 12.4 Å². The van der Waals surface area contributed by atoms with E-state index in [2.05, 4.69) is 58.0 Å². The van der Waals surface area contributed by atoms with Gasteiger partial charge < -0.3 is 0 Å². The summed E-state index contributed by atoms with van der Waals surface area (Å²) in [5, 5.41) is 2.77. The van der Waals surface area contributed by atoms with Crippen LogP contribution < -0.4 is 0 Å². The van der Waals surface area contributed by atoms with Gasteiger partial charge in [-0.05, 0) is 121 Å². The van der Waals surface area contributed by atoms with E-state index in [-0.39, 0.29) is 0 Å². The highest BCUT2D eigenvalue weighted by molar-refractivity contribution is 6.48. The normalized spacial score (nSPS) is 11.2. The van der Waals surface area contributed by atoms with Crippen LogP contribution in [0.1, 0.15) is 72.3 Å². The predicted octanol–water partition coefficient (Wildman–Crippen LogP) is 19.1. The molecular weight excluding hydrogens is 968 g/mol. The molecule has 352 valence electrons. The van der Waals surface area contributed by atoms with Gasteiger partial charge in [-0.3, -0.25) is 0 Å². The molecule has 0 fully saturated rings. The monoisotopic (exact) mass is 1010 g/mol. The topological polar surface area (TPSA) is 0 Å². The molecule has 0 aliphatic rings. The summed E-state index contributed by atoms with van der Waals surface area (Å²) in [6.07, 6.45) is -11.1. The fourth-order valence-corrected chi connectivity index (χ4v) is 7.11. The molecule has 65 heavy (non-hydrogen) atoms. The van der Waals surface area contributed by atoms with Gasteiger partial charge in [-0.25, -0.2) is 17.6 Å². The second-order valence-electron chi connectivity index (χ2n) is 15.3. The van der Waals surface area contributed by atoms with E-state index >= 15 is 0 Å². The lowest BCUT2D eigenvalue weighted by Gasteiger charge is -2.38. The molecule has 6 aromatic carbocycles. The highest BCUT2D eigenvalue weighted by Gasteiger charge is 2.72. The Labute approximate surface area is 399 Å². The molecule has 0 bridgehead atoms. The minimum absolute atomic E-state index is 0.476. The zero-order chi connectivity index (χ0) is 50.1. The van der Waals surface area contributed by atoms with E-state index < -0.39 is 63.3 Å². The van der Waals surface area contributed by atoms with E-state index in [9.17, 15) is 43.9 Å². The molecule has 0 heterocycles. The Balaban J connectivity index is 0.000000296. The first-order valence-corrected chi connectivity index (χ1v) is 21.3. The minimum atomic E-state index is -5.53. The van der Waals surface area contributed by atoms with Crippen molar-refractivity contribution in [3.8, 4) is 0 Å². The number of halogens is 15. The number of rotatable bonds is 2. The Bertz CT molecular complexity index is 2140. The van der Waals surface area contributed by atoms with E-state index in [4.69, 9.17) is 58.0 Å². The van der Waals surface area contributed by atoms with Crippen LogP contribution in [0.15, 0.2) is 84.9 Å². The van der Waals surface area contributed by atoms with Crippen molar-refractivity contribution < 1.29 is 43.9 Å². The smallest absolute Gasteiger partial charge is 0.203 e. The fraction of sp³-hybridized carbons (Fsp3) is 0.280. The van der Waals surface area contributed by atoms with Crippen LogP contribution in [0.25, 0.3) is 0 Å². The molecule has 0 N–H and O–H groups in total. The molecule has 0 saturated heterocycles. The lowest BCUT2D eigenvalue weighted by Crippen LogP contribution is -2.54. The van der Waals surface area contributed by atoms with Crippen molar-refractivity contribution in [3.63, 3.8) is 0 Å². The van der Waals surface area contributed by atoms with Gasteiger partial charge in [0.1, 0.15) is 0 Å². The molecular formula is C50H47Cl5F10. The molecule has 0 saturated carbocycles. The van der Waals surface area contributed by atoms with Gasteiger partial charge in [0, 0.05) is 16.1 Å². The maximum atomic E-state index is 13.7. The quantitative estimate of drug-likeness (QED) is 0.120. The summed E-state index contributed by atoms with van der Waals surface area (Å²) in [7, 11) is 0. The third kappa shape index (κ3) is 14.1. The van der Waals surface area contributed by atoms with E-state index in [1.165, 1.54) is 46.5 Å². The molecule has 15 heteroatoms. The molecule has 6 rings (SSSR count). The SMILES string of the molecule is Cc1c(Cl)c(Cl)c(C)c(Cl)c1Cl.Cc1c(F)c(F)c(C)c(F)c1F.Cc1cc(C)c(Cl)cc1C.Cc1ccc(C(c2ccc(C)cc2)(C(F)(F)F)C(F)(F)F)cc1.Cc1ccc(C)cc1. The first kappa shape index (κ1) is 57.2. The molecule has 0 atom stereocenters.